The third kappa shape index (κ3) is 4.74. The molecular formula is C19H32N2. The molecule has 21 heavy (non-hydrogen) atoms. The molecule has 0 aliphatic carbocycles. The molecule has 1 fully saturated rings. The Bertz CT molecular complexity index is 410. The first kappa shape index (κ1) is 16.4. The molecule has 1 aliphatic heterocycles. The standard InChI is InChI=1S/C19H32N2/c1-5-16(4)17-8-10-19(11-9-17)20-18-7-6-13-21(14-12-18)15(2)3/h8-11,15-16,18,20H,5-7,12-14H2,1-4H3. The summed E-state index contributed by atoms with van der Waals surface area (Å²) in [6.45, 7) is 11.6. The number of hydrogen-bond acceptors (Lipinski definition) is 2. The zero-order valence-electron chi connectivity index (χ0n) is 14.2. The van der Waals surface area contributed by atoms with E-state index in [4.69, 9.17) is 0 Å². The van der Waals surface area contributed by atoms with E-state index in [9.17, 15) is 0 Å². The van der Waals surface area contributed by atoms with Crippen LogP contribution in [0.15, 0.2) is 24.3 Å². The minimum absolute atomic E-state index is 0.628. The maximum absolute atomic E-state index is 3.74. The first-order chi connectivity index (χ1) is 10.1. The van der Waals surface area contributed by atoms with Gasteiger partial charge in [-0.2, -0.15) is 0 Å². The maximum Gasteiger partial charge on any atom is 0.0342 e. The number of hydrogen-bond donors (Lipinski definition) is 1. The molecule has 0 saturated carbocycles. The van der Waals surface area contributed by atoms with Gasteiger partial charge < -0.3 is 10.2 Å². The summed E-state index contributed by atoms with van der Waals surface area (Å²) in [6, 6.07) is 10.4. The van der Waals surface area contributed by atoms with Gasteiger partial charge in [-0.1, -0.05) is 26.0 Å². The Balaban J connectivity index is 1.89. The maximum atomic E-state index is 3.74. The molecule has 2 unspecified atom stereocenters. The Morgan fingerprint density at radius 3 is 2.43 bits per heavy atom. The van der Waals surface area contributed by atoms with Crippen LogP contribution in [0.5, 0.6) is 0 Å². The van der Waals surface area contributed by atoms with Gasteiger partial charge in [-0.15, -0.1) is 0 Å². The molecule has 2 atom stereocenters. The summed E-state index contributed by atoms with van der Waals surface area (Å²) >= 11 is 0. The van der Waals surface area contributed by atoms with Gasteiger partial charge in [0.1, 0.15) is 0 Å². The molecular weight excluding hydrogens is 256 g/mol. The van der Waals surface area contributed by atoms with Crippen LogP contribution in [-0.4, -0.2) is 30.1 Å². The van der Waals surface area contributed by atoms with Crippen molar-refractivity contribution >= 4 is 5.69 Å². The van der Waals surface area contributed by atoms with Gasteiger partial charge in [0.15, 0.2) is 0 Å². The van der Waals surface area contributed by atoms with Gasteiger partial charge in [-0.3, -0.25) is 0 Å². The molecule has 0 spiro atoms. The van der Waals surface area contributed by atoms with Gasteiger partial charge in [-0.05, 0) is 69.7 Å². The summed E-state index contributed by atoms with van der Waals surface area (Å²) in [5, 5.41) is 3.74. The highest BCUT2D eigenvalue weighted by molar-refractivity contribution is 5.46. The zero-order chi connectivity index (χ0) is 15.2. The van der Waals surface area contributed by atoms with E-state index in [1.54, 1.807) is 0 Å². The minimum atomic E-state index is 0.628. The third-order valence-corrected chi connectivity index (χ3v) is 4.96. The van der Waals surface area contributed by atoms with Crippen LogP contribution in [0.3, 0.4) is 0 Å². The van der Waals surface area contributed by atoms with Crippen molar-refractivity contribution in [2.24, 2.45) is 0 Å². The van der Waals surface area contributed by atoms with Crippen molar-refractivity contribution in [1.82, 2.24) is 4.90 Å². The Kier molecular flexibility index (Phi) is 6.10. The summed E-state index contributed by atoms with van der Waals surface area (Å²) in [7, 11) is 0. The molecule has 1 aromatic rings. The summed E-state index contributed by atoms with van der Waals surface area (Å²) in [6.07, 6.45) is 5.06. The smallest absolute Gasteiger partial charge is 0.0342 e. The lowest BCUT2D eigenvalue weighted by molar-refractivity contribution is 0.230. The summed E-state index contributed by atoms with van der Waals surface area (Å²) in [5.74, 6) is 0.663. The normalized spacial score (nSPS) is 22.0. The molecule has 0 radical (unpaired) electrons. The molecule has 0 bridgehead atoms. The lowest BCUT2D eigenvalue weighted by Gasteiger charge is -2.24. The number of nitrogens with zero attached hydrogens (tertiary/aromatic N) is 1. The van der Waals surface area contributed by atoms with E-state index in [0.29, 0.717) is 18.0 Å². The highest BCUT2D eigenvalue weighted by atomic mass is 15.1. The molecule has 2 rings (SSSR count). The Morgan fingerprint density at radius 2 is 1.81 bits per heavy atom. The lowest BCUT2D eigenvalue weighted by Crippen LogP contribution is -2.32. The number of rotatable bonds is 5. The second kappa shape index (κ2) is 7.84. The van der Waals surface area contributed by atoms with Gasteiger partial charge in [0.25, 0.3) is 0 Å². The van der Waals surface area contributed by atoms with Gasteiger partial charge >= 0.3 is 0 Å². The second-order valence-electron chi connectivity index (χ2n) is 6.83. The van der Waals surface area contributed by atoms with Crippen LogP contribution in [-0.2, 0) is 0 Å². The number of anilines is 1. The molecule has 118 valence electrons. The fourth-order valence-corrected chi connectivity index (χ4v) is 3.16. The summed E-state index contributed by atoms with van der Waals surface area (Å²) in [4.78, 5) is 2.60. The molecule has 0 aromatic heterocycles. The van der Waals surface area contributed by atoms with E-state index in [1.807, 2.05) is 0 Å². The molecule has 1 saturated heterocycles. The van der Waals surface area contributed by atoms with Crippen molar-refractivity contribution in [1.29, 1.82) is 0 Å². The van der Waals surface area contributed by atoms with Crippen molar-refractivity contribution in [2.75, 3.05) is 18.4 Å². The van der Waals surface area contributed by atoms with Crippen LogP contribution in [0.2, 0.25) is 0 Å². The fraction of sp³-hybridized carbons (Fsp3) is 0.684. The van der Waals surface area contributed by atoms with Crippen molar-refractivity contribution in [3.05, 3.63) is 29.8 Å². The predicted molar refractivity (Wildman–Crippen MR) is 93.1 cm³/mol. The zero-order valence-corrected chi connectivity index (χ0v) is 14.2. The van der Waals surface area contributed by atoms with Crippen LogP contribution in [0.1, 0.15) is 64.9 Å². The molecule has 1 N–H and O–H groups in total. The lowest BCUT2D eigenvalue weighted by atomic mass is 9.98. The van der Waals surface area contributed by atoms with Gasteiger partial charge in [0, 0.05) is 24.3 Å². The third-order valence-electron chi connectivity index (χ3n) is 4.96. The fourth-order valence-electron chi connectivity index (χ4n) is 3.16. The van der Waals surface area contributed by atoms with Crippen LogP contribution in [0.4, 0.5) is 5.69 Å². The van der Waals surface area contributed by atoms with Gasteiger partial charge in [0.2, 0.25) is 0 Å². The van der Waals surface area contributed by atoms with Crippen molar-refractivity contribution in [2.45, 2.75) is 71.4 Å². The van der Waals surface area contributed by atoms with Crippen LogP contribution in [0, 0.1) is 0 Å². The monoisotopic (exact) mass is 288 g/mol. The number of nitrogens with one attached hydrogen (secondary N) is 1. The van der Waals surface area contributed by atoms with Crippen molar-refractivity contribution < 1.29 is 0 Å². The Hall–Kier alpha value is -1.02. The van der Waals surface area contributed by atoms with Crippen molar-refractivity contribution in [3.8, 4) is 0 Å². The minimum Gasteiger partial charge on any atom is -0.382 e. The predicted octanol–water partition coefficient (Wildman–Crippen LogP) is 4.87. The van der Waals surface area contributed by atoms with E-state index in [0.717, 1.165) is 0 Å². The first-order valence-electron chi connectivity index (χ1n) is 8.70. The molecule has 1 aromatic carbocycles. The molecule has 0 amide bonds. The van der Waals surface area contributed by atoms with E-state index in [-0.39, 0.29) is 0 Å². The highest BCUT2D eigenvalue weighted by Crippen LogP contribution is 2.22. The average Bonchev–Trinajstić information content (AvgIpc) is 2.73. The molecule has 2 heteroatoms. The quantitative estimate of drug-likeness (QED) is 0.831. The molecule has 1 aliphatic rings. The Labute approximate surface area is 130 Å². The largest absolute Gasteiger partial charge is 0.382 e. The van der Waals surface area contributed by atoms with E-state index in [1.165, 1.54) is 50.0 Å². The van der Waals surface area contributed by atoms with Gasteiger partial charge in [-0.25, -0.2) is 0 Å². The topological polar surface area (TPSA) is 15.3 Å². The SMILES string of the molecule is CCC(C)c1ccc(NC2CCCN(C(C)C)CC2)cc1. The van der Waals surface area contributed by atoms with Crippen molar-refractivity contribution in [3.63, 3.8) is 0 Å². The molecule has 1 heterocycles. The molecule has 2 nitrogen and oxygen atoms in total. The first-order valence-corrected chi connectivity index (χ1v) is 8.70. The van der Waals surface area contributed by atoms with Gasteiger partial charge in [0.05, 0.1) is 0 Å². The average molecular weight is 288 g/mol. The van der Waals surface area contributed by atoms with Crippen LogP contribution >= 0.6 is 0 Å². The number of likely N-dealkylation sites (tertiary alicyclic amines) is 1. The highest BCUT2D eigenvalue weighted by Gasteiger charge is 2.18. The van der Waals surface area contributed by atoms with E-state index in [2.05, 4.69) is 62.2 Å². The van der Waals surface area contributed by atoms with E-state index < -0.39 is 0 Å². The van der Waals surface area contributed by atoms with Crippen LogP contribution in [0.25, 0.3) is 0 Å². The summed E-state index contributed by atoms with van der Waals surface area (Å²) in [5.41, 5.74) is 2.74. The number of benzene rings is 1. The van der Waals surface area contributed by atoms with Crippen LogP contribution < -0.4 is 5.32 Å². The second-order valence-corrected chi connectivity index (χ2v) is 6.83. The Morgan fingerprint density at radius 1 is 1.10 bits per heavy atom. The van der Waals surface area contributed by atoms with E-state index >= 15 is 0 Å². The summed E-state index contributed by atoms with van der Waals surface area (Å²) < 4.78 is 0.